The number of hydrogen-bond acceptors (Lipinski definition) is 6. The normalized spacial score (nSPS) is 23.2. The smallest absolute Gasteiger partial charge is 0.310 e. The van der Waals surface area contributed by atoms with Gasteiger partial charge in [-0.25, -0.2) is 9.97 Å². The Labute approximate surface area is 307 Å². The molecule has 8 nitrogen and oxygen atoms in total. The second kappa shape index (κ2) is 15.8. The molecular weight excluding hydrogens is 657 g/mol. The molecule has 1 aliphatic heterocycles. The van der Waals surface area contributed by atoms with Gasteiger partial charge in [0, 0.05) is 47.9 Å². The maximum atomic E-state index is 13.5. The zero-order valence-corrected chi connectivity index (χ0v) is 31.7. The van der Waals surface area contributed by atoms with Crippen LogP contribution < -0.4 is 5.32 Å². The lowest BCUT2D eigenvalue weighted by atomic mass is 9.68. The summed E-state index contributed by atoms with van der Waals surface area (Å²) in [7, 11) is 0. The van der Waals surface area contributed by atoms with Gasteiger partial charge in [0.25, 0.3) is 5.91 Å². The van der Waals surface area contributed by atoms with Crippen molar-refractivity contribution >= 4 is 34.7 Å². The van der Waals surface area contributed by atoms with Crippen molar-refractivity contribution in [3.05, 3.63) is 75.7 Å². The third-order valence-electron chi connectivity index (χ3n) is 11.4. The predicted molar refractivity (Wildman–Crippen MR) is 203 cm³/mol. The number of likely N-dealkylation sites (tertiary alicyclic amines) is 1. The Kier molecular flexibility index (Phi) is 11.4. The summed E-state index contributed by atoms with van der Waals surface area (Å²) in [5.74, 6) is 1.69. The van der Waals surface area contributed by atoms with E-state index in [0.29, 0.717) is 16.6 Å². The number of hydrogen-bond donors (Lipinski definition) is 2. The fraction of sp³-hybridized carbons (Fsp3) is 0.548. The van der Waals surface area contributed by atoms with E-state index in [-0.39, 0.29) is 36.7 Å². The largest absolute Gasteiger partial charge is 0.481 e. The number of carbonyl (C=O) groups excluding carboxylic acids is 2. The molecule has 2 N–H and O–H groups in total. The van der Waals surface area contributed by atoms with E-state index in [2.05, 4.69) is 46.0 Å². The summed E-state index contributed by atoms with van der Waals surface area (Å²) in [4.78, 5) is 50.9. The van der Waals surface area contributed by atoms with Gasteiger partial charge in [-0.05, 0) is 78.0 Å². The molecule has 0 spiro atoms. The summed E-state index contributed by atoms with van der Waals surface area (Å²) < 4.78 is 0. The minimum absolute atomic E-state index is 0.0878. The van der Waals surface area contributed by atoms with Crippen molar-refractivity contribution in [1.82, 2.24) is 20.2 Å². The van der Waals surface area contributed by atoms with Gasteiger partial charge >= 0.3 is 5.97 Å². The quantitative estimate of drug-likeness (QED) is 0.207. The van der Waals surface area contributed by atoms with Crippen LogP contribution >= 0.6 is 11.3 Å². The van der Waals surface area contributed by atoms with E-state index in [1.807, 2.05) is 42.7 Å². The molecule has 3 aliphatic rings. The molecule has 2 aliphatic carbocycles. The number of benzene rings is 1. The summed E-state index contributed by atoms with van der Waals surface area (Å²) in [6.45, 7) is 11.3. The van der Waals surface area contributed by atoms with Crippen molar-refractivity contribution in [2.45, 2.75) is 104 Å². The van der Waals surface area contributed by atoms with E-state index in [0.717, 1.165) is 45.7 Å². The van der Waals surface area contributed by atoms with Crippen molar-refractivity contribution in [3.8, 4) is 11.4 Å². The molecule has 3 heterocycles. The first-order valence-corrected chi connectivity index (χ1v) is 19.8. The summed E-state index contributed by atoms with van der Waals surface area (Å²) in [6, 6.07) is 10.7. The number of rotatable bonds is 11. The van der Waals surface area contributed by atoms with Gasteiger partial charge in [0.15, 0.2) is 5.82 Å². The Balaban J connectivity index is 1.09. The molecule has 2 amide bonds. The standard InChI is InChI=1S/C42H54N4O4S/c1-6-7-27-8-12-29(13-9-27)31-16-17-34(26(2)20-31)32-22-43-38(44-23-32)30-14-10-28(11-15-30)21-35(40(48)46-24-33(25-46)41(49)50)45-39(47)36-18-19-37(51-36)42(3,4)5/h10-11,14-15,17-19,22-23,26-27,29,31,33,35H,6-9,12-13,16,20-21,24-25H2,1-5H3,(H,45,47)(H,49,50)/t26?,27-,29-,31?,35-/m0/s1. The van der Waals surface area contributed by atoms with Crippen LogP contribution in [0, 0.1) is 29.6 Å². The molecule has 0 radical (unpaired) electrons. The molecule has 3 atom stereocenters. The highest BCUT2D eigenvalue weighted by Crippen LogP contribution is 2.44. The number of carbonyl (C=O) groups is 3. The van der Waals surface area contributed by atoms with Gasteiger partial charge in [-0.2, -0.15) is 0 Å². The summed E-state index contributed by atoms with van der Waals surface area (Å²) in [5.41, 5.74) is 4.12. The van der Waals surface area contributed by atoms with Crippen molar-refractivity contribution < 1.29 is 19.5 Å². The van der Waals surface area contributed by atoms with Crippen LogP contribution in [0.1, 0.15) is 112 Å². The van der Waals surface area contributed by atoms with E-state index in [1.54, 1.807) is 6.07 Å². The van der Waals surface area contributed by atoms with Crippen LogP contribution in [0.15, 0.2) is 54.9 Å². The number of aromatic nitrogens is 2. The van der Waals surface area contributed by atoms with Gasteiger partial charge in [-0.1, -0.05) is 90.6 Å². The number of nitrogens with one attached hydrogen (secondary N) is 1. The van der Waals surface area contributed by atoms with E-state index in [9.17, 15) is 19.5 Å². The summed E-state index contributed by atoms with van der Waals surface area (Å²) in [5, 5.41) is 12.3. The SMILES string of the molecule is CCC[C@H]1CC[C@H](C2CC=C(c3cnc(-c4ccc(C[C@H](NC(=O)c5ccc(C(C)(C)C)s5)C(=O)N5CC(C(=O)O)C5)cc4)nc3)C(C)C2)CC1. The van der Waals surface area contributed by atoms with Crippen molar-refractivity contribution in [3.63, 3.8) is 0 Å². The van der Waals surface area contributed by atoms with Crippen LogP contribution in [-0.2, 0) is 21.4 Å². The predicted octanol–water partition coefficient (Wildman–Crippen LogP) is 8.42. The molecule has 2 unspecified atom stereocenters. The first-order valence-electron chi connectivity index (χ1n) is 18.9. The Bertz CT molecular complexity index is 1710. The zero-order chi connectivity index (χ0) is 36.3. The number of thiophene rings is 1. The van der Waals surface area contributed by atoms with E-state index in [4.69, 9.17) is 9.97 Å². The van der Waals surface area contributed by atoms with Crippen LogP contribution in [0.25, 0.3) is 17.0 Å². The summed E-state index contributed by atoms with van der Waals surface area (Å²) in [6.07, 6.45) is 17.3. The number of carboxylic acid groups (broad SMARTS) is 1. The molecule has 2 aromatic heterocycles. The minimum Gasteiger partial charge on any atom is -0.481 e. The lowest BCUT2D eigenvalue weighted by Gasteiger charge is -2.38. The number of allylic oxidation sites excluding steroid dienone is 2. The molecule has 1 saturated carbocycles. The van der Waals surface area contributed by atoms with E-state index in [1.165, 1.54) is 66.8 Å². The topological polar surface area (TPSA) is 112 Å². The Morgan fingerprint density at radius 1 is 0.961 bits per heavy atom. The van der Waals surface area contributed by atoms with E-state index >= 15 is 0 Å². The van der Waals surface area contributed by atoms with Gasteiger partial charge in [0.05, 0.1) is 10.8 Å². The lowest BCUT2D eigenvalue weighted by molar-refractivity contribution is -0.153. The first-order chi connectivity index (χ1) is 24.4. The molecule has 1 aromatic carbocycles. The maximum Gasteiger partial charge on any atom is 0.310 e. The molecule has 9 heteroatoms. The number of amides is 2. The lowest BCUT2D eigenvalue weighted by Crippen LogP contribution is -2.59. The Morgan fingerprint density at radius 3 is 2.24 bits per heavy atom. The van der Waals surface area contributed by atoms with Gasteiger partial charge in [-0.3, -0.25) is 14.4 Å². The maximum absolute atomic E-state index is 13.5. The van der Waals surface area contributed by atoms with Crippen LogP contribution in [0.5, 0.6) is 0 Å². The van der Waals surface area contributed by atoms with Crippen LogP contribution in [0.4, 0.5) is 0 Å². The zero-order valence-electron chi connectivity index (χ0n) is 30.9. The minimum atomic E-state index is -0.910. The third kappa shape index (κ3) is 8.79. The highest BCUT2D eigenvalue weighted by molar-refractivity contribution is 7.14. The highest BCUT2D eigenvalue weighted by atomic mass is 32.1. The molecule has 6 rings (SSSR count). The molecule has 2 fully saturated rings. The molecule has 3 aromatic rings. The van der Waals surface area contributed by atoms with Crippen LogP contribution in [-0.4, -0.2) is 56.9 Å². The fourth-order valence-corrected chi connectivity index (χ4v) is 9.25. The van der Waals surface area contributed by atoms with Crippen molar-refractivity contribution in [2.24, 2.45) is 29.6 Å². The molecule has 0 bridgehead atoms. The molecule has 1 saturated heterocycles. The number of nitrogens with zero attached hydrogens (tertiary/aromatic N) is 3. The van der Waals surface area contributed by atoms with Crippen molar-refractivity contribution in [2.75, 3.05) is 13.1 Å². The third-order valence-corrected chi connectivity index (χ3v) is 12.9. The first kappa shape index (κ1) is 36.9. The second-order valence-electron chi connectivity index (χ2n) is 16.3. The van der Waals surface area contributed by atoms with Crippen molar-refractivity contribution in [1.29, 1.82) is 0 Å². The van der Waals surface area contributed by atoms with Gasteiger partial charge in [0.1, 0.15) is 6.04 Å². The Hall–Kier alpha value is -3.85. The second-order valence-corrected chi connectivity index (χ2v) is 17.4. The van der Waals surface area contributed by atoms with Crippen LogP contribution in [0.3, 0.4) is 0 Å². The monoisotopic (exact) mass is 710 g/mol. The molecule has 51 heavy (non-hydrogen) atoms. The number of carboxylic acids is 1. The van der Waals surface area contributed by atoms with Crippen LogP contribution in [0.2, 0.25) is 0 Å². The average Bonchev–Trinajstić information content (AvgIpc) is 3.60. The Morgan fingerprint density at radius 2 is 1.65 bits per heavy atom. The molecule has 272 valence electrons. The summed E-state index contributed by atoms with van der Waals surface area (Å²) >= 11 is 1.42. The van der Waals surface area contributed by atoms with Gasteiger partial charge in [0.2, 0.25) is 5.91 Å². The van der Waals surface area contributed by atoms with Gasteiger partial charge in [-0.15, -0.1) is 11.3 Å². The molecular formula is C42H54N4O4S. The fourth-order valence-electron chi connectivity index (χ4n) is 8.28. The number of aliphatic carboxylic acids is 1. The highest BCUT2D eigenvalue weighted by Gasteiger charge is 2.39. The van der Waals surface area contributed by atoms with Gasteiger partial charge < -0.3 is 15.3 Å². The van der Waals surface area contributed by atoms with E-state index < -0.39 is 17.9 Å². The average molecular weight is 711 g/mol.